The van der Waals surface area contributed by atoms with Gasteiger partial charge in [-0.1, -0.05) is 25.4 Å². The molecule has 0 saturated heterocycles. The number of nitrogens with two attached hydrogens (primary N) is 1. The van der Waals surface area contributed by atoms with E-state index in [0.29, 0.717) is 5.69 Å². The van der Waals surface area contributed by atoms with Gasteiger partial charge in [-0.15, -0.1) is 0 Å². The van der Waals surface area contributed by atoms with Crippen LogP contribution in [-0.4, -0.2) is 26.7 Å². The molecule has 1 aromatic rings. The van der Waals surface area contributed by atoms with Gasteiger partial charge in [0.2, 0.25) is 10.0 Å². The number of aliphatic hydroxyl groups is 1. The van der Waals surface area contributed by atoms with Crippen LogP contribution in [0.3, 0.4) is 0 Å². The third-order valence-corrected chi connectivity index (χ3v) is 4.30. The van der Waals surface area contributed by atoms with E-state index in [0.717, 1.165) is 0 Å². The highest BCUT2D eigenvalue weighted by atomic mass is 35.5. The topological polar surface area (TPSA) is 92.4 Å². The van der Waals surface area contributed by atoms with Crippen molar-refractivity contribution in [1.29, 1.82) is 0 Å². The molecule has 0 amide bonds. The van der Waals surface area contributed by atoms with Gasteiger partial charge in [0.1, 0.15) is 4.90 Å². The molecule has 0 aliphatic heterocycles. The summed E-state index contributed by atoms with van der Waals surface area (Å²) in [6.45, 7) is 3.48. The molecule has 0 spiro atoms. The summed E-state index contributed by atoms with van der Waals surface area (Å²) in [6, 6.07) is 4.26. The van der Waals surface area contributed by atoms with Gasteiger partial charge in [0, 0.05) is 24.3 Å². The van der Waals surface area contributed by atoms with Gasteiger partial charge >= 0.3 is 0 Å². The second-order valence-corrected chi connectivity index (χ2v) is 6.98. The van der Waals surface area contributed by atoms with Crippen molar-refractivity contribution in [3.63, 3.8) is 0 Å². The maximum Gasteiger partial charge on any atom is 0.242 e. The van der Waals surface area contributed by atoms with Crippen LogP contribution in [0.2, 0.25) is 5.02 Å². The molecule has 7 heteroatoms. The van der Waals surface area contributed by atoms with Crippen LogP contribution < -0.4 is 10.5 Å². The molecule has 0 atom stereocenters. The molecule has 0 aliphatic carbocycles. The zero-order chi connectivity index (χ0) is 14.0. The quantitative estimate of drug-likeness (QED) is 0.712. The van der Waals surface area contributed by atoms with Gasteiger partial charge in [-0.25, -0.2) is 13.1 Å². The summed E-state index contributed by atoms with van der Waals surface area (Å²) in [6.07, 6.45) is 0. The van der Waals surface area contributed by atoms with Crippen LogP contribution in [0, 0.1) is 5.41 Å². The Morgan fingerprint density at radius 3 is 2.61 bits per heavy atom. The maximum absolute atomic E-state index is 12.0. The lowest BCUT2D eigenvalue weighted by molar-refractivity contribution is 0.163. The summed E-state index contributed by atoms with van der Waals surface area (Å²) in [5.41, 5.74) is 5.32. The summed E-state index contributed by atoms with van der Waals surface area (Å²) in [5.74, 6) is 0. The average molecular weight is 293 g/mol. The first-order valence-electron chi connectivity index (χ1n) is 5.33. The zero-order valence-corrected chi connectivity index (χ0v) is 11.8. The number of aliphatic hydroxyl groups excluding tert-OH is 1. The highest BCUT2D eigenvalue weighted by molar-refractivity contribution is 7.89. The Kier molecular flexibility index (Phi) is 4.61. The zero-order valence-electron chi connectivity index (χ0n) is 10.3. The van der Waals surface area contributed by atoms with E-state index < -0.39 is 15.4 Å². The fraction of sp³-hybridized carbons (Fsp3) is 0.455. The van der Waals surface area contributed by atoms with Crippen molar-refractivity contribution < 1.29 is 13.5 Å². The van der Waals surface area contributed by atoms with E-state index in [2.05, 4.69) is 4.72 Å². The predicted molar refractivity (Wildman–Crippen MR) is 71.9 cm³/mol. The Bertz CT molecular complexity index is 529. The number of anilines is 1. The van der Waals surface area contributed by atoms with Gasteiger partial charge < -0.3 is 10.8 Å². The fourth-order valence-electron chi connectivity index (χ4n) is 1.15. The van der Waals surface area contributed by atoms with Crippen molar-refractivity contribution in [3.05, 3.63) is 23.2 Å². The van der Waals surface area contributed by atoms with Crippen LogP contribution in [0.1, 0.15) is 13.8 Å². The third-order valence-electron chi connectivity index (χ3n) is 2.41. The molecule has 5 nitrogen and oxygen atoms in total. The molecule has 4 N–H and O–H groups in total. The van der Waals surface area contributed by atoms with Crippen LogP contribution in [-0.2, 0) is 10.0 Å². The van der Waals surface area contributed by atoms with Gasteiger partial charge in [0.25, 0.3) is 0 Å². The number of hydrogen-bond donors (Lipinski definition) is 3. The minimum absolute atomic E-state index is 0.0575. The average Bonchev–Trinajstić information content (AvgIpc) is 2.30. The number of rotatable bonds is 5. The van der Waals surface area contributed by atoms with Crippen molar-refractivity contribution in [2.24, 2.45) is 5.41 Å². The van der Waals surface area contributed by atoms with E-state index in [4.69, 9.17) is 22.4 Å². The van der Waals surface area contributed by atoms with E-state index in [1.807, 2.05) is 0 Å². The lowest BCUT2D eigenvalue weighted by atomic mass is 9.96. The Balaban J connectivity index is 2.97. The van der Waals surface area contributed by atoms with Crippen LogP contribution in [0.15, 0.2) is 23.1 Å². The first-order chi connectivity index (χ1) is 8.18. The van der Waals surface area contributed by atoms with E-state index in [1.165, 1.54) is 18.2 Å². The standard InChI is InChI=1S/C11H17ClN2O3S/c1-11(2,7-15)6-14-18(16,17)10-5-8(13)3-4-9(10)12/h3-5,14-15H,6-7,13H2,1-2H3. The number of benzene rings is 1. The number of nitrogen functional groups attached to an aromatic ring is 1. The van der Waals surface area contributed by atoms with Crippen molar-refractivity contribution in [1.82, 2.24) is 4.72 Å². The molecule has 0 heterocycles. The second-order valence-electron chi connectivity index (χ2n) is 4.84. The van der Waals surface area contributed by atoms with Crippen LogP contribution in [0.4, 0.5) is 5.69 Å². The van der Waals surface area contributed by atoms with E-state index >= 15 is 0 Å². The Morgan fingerprint density at radius 2 is 2.06 bits per heavy atom. The first kappa shape index (κ1) is 15.2. The number of sulfonamides is 1. The second kappa shape index (κ2) is 5.44. The number of hydrogen-bond acceptors (Lipinski definition) is 4. The van der Waals surface area contributed by atoms with E-state index in [-0.39, 0.29) is 23.1 Å². The van der Waals surface area contributed by atoms with Crippen LogP contribution >= 0.6 is 11.6 Å². The highest BCUT2D eigenvalue weighted by Crippen LogP contribution is 2.24. The Hall–Kier alpha value is -0.820. The molecule has 1 aromatic carbocycles. The van der Waals surface area contributed by atoms with Gasteiger partial charge in [-0.05, 0) is 18.2 Å². The molecular formula is C11H17ClN2O3S. The molecule has 0 fully saturated rings. The van der Waals surface area contributed by atoms with Gasteiger partial charge in [0.05, 0.1) is 5.02 Å². The molecule has 0 unspecified atom stereocenters. The summed E-state index contributed by atoms with van der Waals surface area (Å²) in [5, 5.41) is 9.19. The van der Waals surface area contributed by atoms with Gasteiger partial charge in [-0.2, -0.15) is 0 Å². The number of nitrogens with one attached hydrogen (secondary N) is 1. The summed E-state index contributed by atoms with van der Waals surface area (Å²) in [7, 11) is -3.73. The minimum Gasteiger partial charge on any atom is -0.399 e. The predicted octanol–water partition coefficient (Wildman–Crippen LogP) is 1.22. The third kappa shape index (κ3) is 3.84. The van der Waals surface area contributed by atoms with E-state index in [1.54, 1.807) is 13.8 Å². The molecule has 0 radical (unpaired) electrons. The molecule has 0 aromatic heterocycles. The molecule has 18 heavy (non-hydrogen) atoms. The van der Waals surface area contributed by atoms with Crippen molar-refractivity contribution >= 4 is 27.3 Å². The molecular weight excluding hydrogens is 276 g/mol. The van der Waals surface area contributed by atoms with Crippen LogP contribution in [0.25, 0.3) is 0 Å². The normalized spacial score (nSPS) is 12.7. The van der Waals surface area contributed by atoms with Gasteiger partial charge in [-0.3, -0.25) is 0 Å². The van der Waals surface area contributed by atoms with Crippen molar-refractivity contribution in [2.75, 3.05) is 18.9 Å². The van der Waals surface area contributed by atoms with Crippen LogP contribution in [0.5, 0.6) is 0 Å². The highest BCUT2D eigenvalue weighted by Gasteiger charge is 2.23. The first-order valence-corrected chi connectivity index (χ1v) is 7.20. The van der Waals surface area contributed by atoms with Crippen molar-refractivity contribution in [2.45, 2.75) is 18.7 Å². The fourth-order valence-corrected chi connectivity index (χ4v) is 2.92. The molecule has 0 aliphatic rings. The molecule has 0 bridgehead atoms. The van der Waals surface area contributed by atoms with Crippen molar-refractivity contribution in [3.8, 4) is 0 Å². The minimum atomic E-state index is -3.73. The summed E-state index contributed by atoms with van der Waals surface area (Å²) in [4.78, 5) is -0.0575. The van der Waals surface area contributed by atoms with E-state index in [9.17, 15) is 8.42 Å². The SMILES string of the molecule is CC(C)(CO)CNS(=O)(=O)c1cc(N)ccc1Cl. The Labute approximate surface area is 112 Å². The maximum atomic E-state index is 12.0. The lowest BCUT2D eigenvalue weighted by Gasteiger charge is -2.22. The summed E-state index contributed by atoms with van der Waals surface area (Å²) < 4.78 is 26.5. The molecule has 0 saturated carbocycles. The van der Waals surface area contributed by atoms with Gasteiger partial charge in [0.15, 0.2) is 0 Å². The number of halogens is 1. The molecule has 102 valence electrons. The monoisotopic (exact) mass is 292 g/mol. The summed E-state index contributed by atoms with van der Waals surface area (Å²) >= 11 is 5.84. The Morgan fingerprint density at radius 1 is 1.44 bits per heavy atom. The smallest absolute Gasteiger partial charge is 0.242 e. The molecule has 1 rings (SSSR count). The largest absolute Gasteiger partial charge is 0.399 e. The lowest BCUT2D eigenvalue weighted by Crippen LogP contribution is -2.36.